The number of ether oxygens (including phenoxy) is 1. The quantitative estimate of drug-likeness (QED) is 0.493. The highest BCUT2D eigenvalue weighted by molar-refractivity contribution is 7.99. The summed E-state index contributed by atoms with van der Waals surface area (Å²) in [7, 11) is -3.43. The summed E-state index contributed by atoms with van der Waals surface area (Å²) in [5.41, 5.74) is 2.33. The Balaban J connectivity index is 2.12. The predicted octanol–water partition coefficient (Wildman–Crippen LogP) is 5.22. The number of fused-ring (bicyclic) bond motifs is 1. The highest BCUT2D eigenvalue weighted by Gasteiger charge is 2.23. The van der Waals surface area contributed by atoms with Gasteiger partial charge in [0.15, 0.2) is 9.84 Å². The number of rotatable bonds is 5. The van der Waals surface area contributed by atoms with Crippen molar-refractivity contribution in [2.75, 3.05) is 6.26 Å². The van der Waals surface area contributed by atoms with Gasteiger partial charge in [0.2, 0.25) is 0 Å². The molecule has 0 saturated carbocycles. The van der Waals surface area contributed by atoms with Crippen LogP contribution in [0.4, 0.5) is 4.39 Å². The topological polar surface area (TPSA) is 64.9 Å². The molecule has 2 aromatic heterocycles. The lowest BCUT2D eigenvalue weighted by Crippen LogP contribution is -2.05. The molecule has 0 fully saturated rings. The molecule has 0 aliphatic carbocycles. The fraction of sp³-hybridized carbons (Fsp3) is 0.250. The summed E-state index contributed by atoms with van der Waals surface area (Å²) in [6.45, 7) is 4.97. The van der Waals surface area contributed by atoms with Crippen molar-refractivity contribution < 1.29 is 22.3 Å². The third kappa shape index (κ3) is 4.44. The maximum Gasteiger partial charge on any atom is 0.303 e. The number of aromatic nitrogens is 1. The van der Waals surface area contributed by atoms with Gasteiger partial charge in [0.25, 0.3) is 0 Å². The van der Waals surface area contributed by atoms with E-state index in [2.05, 4.69) is 0 Å². The number of esters is 1. The van der Waals surface area contributed by atoms with Crippen molar-refractivity contribution >= 4 is 44.7 Å². The number of carbonyl (C=O) groups is 1. The summed E-state index contributed by atoms with van der Waals surface area (Å²) in [6.07, 6.45) is 1.94. The van der Waals surface area contributed by atoms with E-state index in [4.69, 9.17) is 16.3 Å². The van der Waals surface area contributed by atoms with E-state index >= 15 is 0 Å². The van der Waals surface area contributed by atoms with E-state index in [1.54, 1.807) is 29.5 Å². The van der Waals surface area contributed by atoms with E-state index in [0.29, 0.717) is 4.90 Å². The molecule has 2 heterocycles. The van der Waals surface area contributed by atoms with Gasteiger partial charge >= 0.3 is 5.97 Å². The first-order valence-corrected chi connectivity index (χ1v) is 11.7. The molecule has 1 aromatic carbocycles. The van der Waals surface area contributed by atoms with Crippen LogP contribution in [0.3, 0.4) is 0 Å². The molecular formula is C20H19ClFNO4S2. The summed E-state index contributed by atoms with van der Waals surface area (Å²) in [5, 5.41) is 0.840. The lowest BCUT2D eigenvalue weighted by molar-refractivity contribution is -0.145. The summed E-state index contributed by atoms with van der Waals surface area (Å²) < 4.78 is 44.6. The van der Waals surface area contributed by atoms with Gasteiger partial charge in [0.05, 0.1) is 20.5 Å². The molecule has 0 aliphatic rings. The standard InChI is InChI=1S/C20H19ClFNO4S2/c1-11-19(12(2)27-13(3)24)17-7-5-14(22)10-23(17)20(11)28-15-6-8-18(16(21)9-15)29(4,25)26/h5-10,12H,1-4H3. The van der Waals surface area contributed by atoms with Crippen LogP contribution in [0, 0.1) is 12.7 Å². The second kappa shape index (κ2) is 8.01. The molecule has 154 valence electrons. The highest BCUT2D eigenvalue weighted by Crippen LogP contribution is 2.40. The Kier molecular flexibility index (Phi) is 5.98. The zero-order valence-corrected chi connectivity index (χ0v) is 18.6. The average Bonchev–Trinajstić information content (AvgIpc) is 2.85. The van der Waals surface area contributed by atoms with Crippen molar-refractivity contribution in [1.82, 2.24) is 4.40 Å². The summed E-state index contributed by atoms with van der Waals surface area (Å²) in [6, 6.07) is 7.66. The normalized spacial score (nSPS) is 12.9. The summed E-state index contributed by atoms with van der Waals surface area (Å²) >= 11 is 7.48. The zero-order chi connectivity index (χ0) is 21.5. The van der Waals surface area contributed by atoms with Crippen LogP contribution in [0.2, 0.25) is 5.02 Å². The van der Waals surface area contributed by atoms with Gasteiger partial charge in [-0.05, 0) is 49.7 Å². The van der Waals surface area contributed by atoms with E-state index in [1.807, 2.05) is 6.92 Å². The first-order chi connectivity index (χ1) is 13.5. The van der Waals surface area contributed by atoms with E-state index in [-0.39, 0.29) is 9.92 Å². The van der Waals surface area contributed by atoms with Gasteiger partial charge in [-0.25, -0.2) is 12.8 Å². The number of halogens is 2. The van der Waals surface area contributed by atoms with Gasteiger partial charge in [0.1, 0.15) is 11.9 Å². The molecule has 3 rings (SSSR count). The highest BCUT2D eigenvalue weighted by atomic mass is 35.5. The number of pyridine rings is 1. The SMILES string of the molecule is CC(=O)OC(C)c1c(C)c(Sc2ccc(S(C)(=O)=O)c(Cl)c2)n2cc(F)ccc12. The molecule has 29 heavy (non-hydrogen) atoms. The lowest BCUT2D eigenvalue weighted by Gasteiger charge is -2.12. The molecule has 9 heteroatoms. The molecule has 0 radical (unpaired) electrons. The number of sulfone groups is 1. The minimum Gasteiger partial charge on any atom is -0.458 e. The molecule has 1 atom stereocenters. The van der Waals surface area contributed by atoms with Crippen LogP contribution in [0.15, 0.2) is 51.3 Å². The molecular weight excluding hydrogens is 437 g/mol. The molecule has 0 amide bonds. The van der Waals surface area contributed by atoms with Crippen molar-refractivity contribution in [3.8, 4) is 0 Å². The minimum atomic E-state index is -3.43. The van der Waals surface area contributed by atoms with Gasteiger partial charge < -0.3 is 9.14 Å². The van der Waals surface area contributed by atoms with Crippen LogP contribution >= 0.6 is 23.4 Å². The van der Waals surface area contributed by atoms with E-state index < -0.39 is 27.7 Å². The second-order valence-electron chi connectivity index (χ2n) is 6.66. The van der Waals surface area contributed by atoms with Gasteiger partial charge in [-0.2, -0.15) is 0 Å². The third-order valence-electron chi connectivity index (χ3n) is 4.40. The van der Waals surface area contributed by atoms with Gasteiger partial charge in [-0.15, -0.1) is 0 Å². The van der Waals surface area contributed by atoms with Crippen molar-refractivity contribution in [2.45, 2.75) is 41.7 Å². The Morgan fingerprint density at radius 3 is 2.55 bits per heavy atom. The van der Waals surface area contributed by atoms with Gasteiger partial charge in [0, 0.05) is 29.8 Å². The first-order valence-electron chi connectivity index (χ1n) is 8.63. The molecule has 0 N–H and O–H groups in total. The largest absolute Gasteiger partial charge is 0.458 e. The van der Waals surface area contributed by atoms with Crippen LogP contribution in [-0.2, 0) is 19.4 Å². The molecule has 5 nitrogen and oxygen atoms in total. The Hall–Kier alpha value is -2.03. The average molecular weight is 456 g/mol. The number of benzene rings is 1. The molecule has 3 aromatic rings. The van der Waals surface area contributed by atoms with E-state index in [9.17, 15) is 17.6 Å². The minimum absolute atomic E-state index is 0.0514. The number of hydrogen-bond donors (Lipinski definition) is 0. The van der Waals surface area contributed by atoms with Gasteiger partial charge in [-0.3, -0.25) is 4.79 Å². The van der Waals surface area contributed by atoms with Crippen LogP contribution in [0.1, 0.15) is 31.1 Å². The summed E-state index contributed by atoms with van der Waals surface area (Å²) in [4.78, 5) is 12.2. The first kappa shape index (κ1) is 21.7. The van der Waals surface area contributed by atoms with Crippen molar-refractivity contribution in [2.24, 2.45) is 0 Å². The fourth-order valence-corrected chi connectivity index (χ4v) is 5.70. The Morgan fingerprint density at radius 1 is 1.28 bits per heavy atom. The van der Waals surface area contributed by atoms with E-state index in [0.717, 1.165) is 27.9 Å². The molecule has 0 saturated heterocycles. The van der Waals surface area contributed by atoms with Crippen LogP contribution in [-0.4, -0.2) is 25.0 Å². The molecule has 0 aliphatic heterocycles. The number of carbonyl (C=O) groups excluding carboxylic acids is 1. The Bertz CT molecular complexity index is 1220. The van der Waals surface area contributed by atoms with Crippen molar-refractivity contribution in [3.63, 3.8) is 0 Å². The smallest absolute Gasteiger partial charge is 0.303 e. The predicted molar refractivity (Wildman–Crippen MR) is 111 cm³/mol. The third-order valence-corrected chi connectivity index (χ3v) is 7.16. The number of hydrogen-bond acceptors (Lipinski definition) is 5. The zero-order valence-electron chi connectivity index (χ0n) is 16.2. The monoisotopic (exact) mass is 455 g/mol. The fourth-order valence-electron chi connectivity index (χ4n) is 3.25. The van der Waals surface area contributed by atoms with Crippen LogP contribution in [0.25, 0.3) is 5.52 Å². The molecule has 1 unspecified atom stereocenters. The lowest BCUT2D eigenvalue weighted by atomic mass is 10.1. The van der Waals surface area contributed by atoms with Gasteiger partial charge in [-0.1, -0.05) is 23.4 Å². The van der Waals surface area contributed by atoms with Crippen LogP contribution in [0.5, 0.6) is 0 Å². The number of nitrogens with zero attached hydrogens (tertiary/aromatic N) is 1. The second-order valence-corrected chi connectivity index (χ2v) is 10.1. The maximum absolute atomic E-state index is 14.0. The Morgan fingerprint density at radius 2 is 1.97 bits per heavy atom. The van der Waals surface area contributed by atoms with Crippen molar-refractivity contribution in [1.29, 1.82) is 0 Å². The summed E-state index contributed by atoms with van der Waals surface area (Å²) in [5.74, 6) is -0.817. The molecule has 0 bridgehead atoms. The molecule has 0 spiro atoms. The van der Waals surface area contributed by atoms with Crippen LogP contribution < -0.4 is 0 Å². The van der Waals surface area contributed by atoms with Crippen molar-refractivity contribution in [3.05, 3.63) is 58.5 Å². The van der Waals surface area contributed by atoms with E-state index in [1.165, 1.54) is 37.0 Å². The Labute approximate surface area is 177 Å². The maximum atomic E-state index is 14.0.